The van der Waals surface area contributed by atoms with E-state index in [0.717, 1.165) is 44.1 Å². The van der Waals surface area contributed by atoms with Gasteiger partial charge in [-0.1, -0.05) is 12.1 Å². The summed E-state index contributed by atoms with van der Waals surface area (Å²) >= 11 is 0. The van der Waals surface area contributed by atoms with E-state index in [9.17, 15) is 4.39 Å². The van der Waals surface area contributed by atoms with E-state index in [1.165, 1.54) is 30.5 Å². The normalized spacial score (nSPS) is 18.3. The molecule has 132 valence electrons. The van der Waals surface area contributed by atoms with E-state index < -0.39 is 0 Å². The summed E-state index contributed by atoms with van der Waals surface area (Å²) in [5, 5.41) is 4.43. The molecule has 0 aliphatic carbocycles. The van der Waals surface area contributed by atoms with Gasteiger partial charge in [0.1, 0.15) is 5.82 Å². The molecule has 2 N–H and O–H groups in total. The number of nitrogens with zero attached hydrogens (tertiary/aromatic N) is 3. The summed E-state index contributed by atoms with van der Waals surface area (Å²) in [6.45, 7) is 4.71. The third kappa shape index (κ3) is 5.30. The first-order chi connectivity index (χ1) is 11.2. The smallest absolute Gasteiger partial charge is 0.123 e. The molecule has 24 heavy (non-hydrogen) atoms. The highest BCUT2D eigenvalue weighted by Crippen LogP contribution is 2.20. The van der Waals surface area contributed by atoms with Crippen LogP contribution in [0.3, 0.4) is 0 Å². The monoisotopic (exact) mass is 352 g/mol. The van der Waals surface area contributed by atoms with Crippen LogP contribution in [-0.4, -0.2) is 34.3 Å². The number of halogens is 2. The van der Waals surface area contributed by atoms with E-state index in [1.54, 1.807) is 12.1 Å². The zero-order valence-electron chi connectivity index (χ0n) is 13.9. The van der Waals surface area contributed by atoms with Crippen molar-refractivity contribution in [3.8, 4) is 0 Å². The fourth-order valence-electron chi connectivity index (χ4n) is 3.38. The Balaban J connectivity index is 0.00000208. The lowest BCUT2D eigenvalue weighted by Gasteiger charge is -2.32. The fourth-order valence-corrected chi connectivity index (χ4v) is 3.38. The summed E-state index contributed by atoms with van der Waals surface area (Å²) < 4.78 is 14.9. The molecule has 0 amide bonds. The summed E-state index contributed by atoms with van der Waals surface area (Å²) in [7, 11) is 0. The molecule has 4 nitrogen and oxygen atoms in total. The molecule has 1 aliphatic heterocycles. The van der Waals surface area contributed by atoms with Crippen LogP contribution in [0.5, 0.6) is 0 Å². The Labute approximate surface area is 149 Å². The number of likely N-dealkylation sites (tertiary alicyclic amines) is 1. The van der Waals surface area contributed by atoms with Crippen LogP contribution in [0.2, 0.25) is 0 Å². The molecule has 1 atom stereocenters. The number of rotatable bonds is 6. The van der Waals surface area contributed by atoms with Crippen LogP contribution in [0, 0.1) is 11.7 Å². The molecule has 0 radical (unpaired) electrons. The molecule has 1 aromatic heterocycles. The minimum atomic E-state index is -0.202. The Bertz CT molecular complexity index is 612. The summed E-state index contributed by atoms with van der Waals surface area (Å²) in [5.74, 6) is 0.537. The lowest BCUT2D eigenvalue weighted by molar-refractivity contribution is 0.163. The Morgan fingerprint density at radius 3 is 2.71 bits per heavy atom. The number of nitrogens with two attached hydrogens (primary N) is 1. The lowest BCUT2D eigenvalue weighted by Crippen LogP contribution is -2.35. The second kappa shape index (κ2) is 9.16. The first kappa shape index (κ1) is 18.9. The number of hydrogen-bond acceptors (Lipinski definition) is 3. The average molecular weight is 353 g/mol. The maximum atomic E-state index is 12.9. The van der Waals surface area contributed by atoms with Crippen molar-refractivity contribution in [2.45, 2.75) is 32.4 Å². The highest BCUT2D eigenvalue weighted by atomic mass is 35.5. The quantitative estimate of drug-likeness (QED) is 0.869. The molecular weight excluding hydrogens is 327 g/mol. The zero-order valence-corrected chi connectivity index (χ0v) is 14.7. The third-order valence-corrected chi connectivity index (χ3v) is 4.53. The molecular formula is C18H26ClFN4. The summed E-state index contributed by atoms with van der Waals surface area (Å²) in [4.78, 5) is 2.50. The maximum absolute atomic E-state index is 12.9. The van der Waals surface area contributed by atoms with Crippen LogP contribution >= 0.6 is 12.4 Å². The van der Waals surface area contributed by atoms with E-state index in [-0.39, 0.29) is 18.2 Å². The van der Waals surface area contributed by atoms with Gasteiger partial charge in [-0.15, -0.1) is 12.4 Å². The average Bonchev–Trinajstić information content (AvgIpc) is 2.97. The molecule has 3 rings (SSSR count). The molecule has 0 saturated carbocycles. The van der Waals surface area contributed by atoms with Gasteiger partial charge in [-0.05, 0) is 56.0 Å². The van der Waals surface area contributed by atoms with Crippen LogP contribution < -0.4 is 5.73 Å². The van der Waals surface area contributed by atoms with Crippen LogP contribution in [0.1, 0.15) is 30.4 Å². The van der Waals surface area contributed by atoms with Gasteiger partial charge >= 0.3 is 0 Å². The minimum absolute atomic E-state index is 0. The first-order valence-electron chi connectivity index (χ1n) is 8.41. The van der Waals surface area contributed by atoms with E-state index in [1.807, 2.05) is 10.9 Å². The molecule has 1 fully saturated rings. The second-order valence-electron chi connectivity index (χ2n) is 6.49. The van der Waals surface area contributed by atoms with Crippen LogP contribution in [0.25, 0.3) is 0 Å². The van der Waals surface area contributed by atoms with E-state index in [2.05, 4.69) is 16.2 Å². The molecule has 6 heteroatoms. The van der Waals surface area contributed by atoms with Gasteiger partial charge in [0.2, 0.25) is 0 Å². The molecule has 2 aromatic rings. The molecule has 1 aliphatic rings. The first-order valence-corrected chi connectivity index (χ1v) is 8.41. The highest BCUT2D eigenvalue weighted by Gasteiger charge is 2.19. The van der Waals surface area contributed by atoms with Crippen molar-refractivity contribution >= 4 is 12.4 Å². The van der Waals surface area contributed by atoms with Gasteiger partial charge in [-0.2, -0.15) is 5.10 Å². The fraction of sp³-hybridized carbons (Fsp3) is 0.500. The molecule has 1 unspecified atom stereocenters. The number of benzene rings is 1. The highest BCUT2D eigenvalue weighted by molar-refractivity contribution is 5.85. The van der Waals surface area contributed by atoms with Crippen molar-refractivity contribution in [1.29, 1.82) is 0 Å². The molecule has 2 heterocycles. The third-order valence-electron chi connectivity index (χ3n) is 4.53. The SMILES string of the molecule is Cl.NCCC1CCCN(Cc2cnn(Cc3ccc(F)cc3)c2)C1. The lowest BCUT2D eigenvalue weighted by atomic mass is 9.95. The van der Waals surface area contributed by atoms with Crippen molar-refractivity contribution in [2.24, 2.45) is 11.7 Å². The second-order valence-corrected chi connectivity index (χ2v) is 6.49. The standard InChI is InChI=1S/C18H25FN4.ClH/c19-18-5-3-16(4-6-18)13-23-14-17(10-21-23)12-22-9-1-2-15(11-22)7-8-20;/h3-6,10,14-15H,1-2,7-9,11-13,20H2;1H. The van der Waals surface area contributed by atoms with Gasteiger partial charge in [-0.3, -0.25) is 9.58 Å². The Kier molecular flexibility index (Phi) is 7.21. The molecule has 1 aromatic carbocycles. The van der Waals surface area contributed by atoms with Gasteiger partial charge in [0.05, 0.1) is 12.7 Å². The van der Waals surface area contributed by atoms with Gasteiger partial charge in [0.15, 0.2) is 0 Å². The van der Waals surface area contributed by atoms with Crippen LogP contribution in [0.4, 0.5) is 4.39 Å². The van der Waals surface area contributed by atoms with Crippen molar-refractivity contribution in [3.63, 3.8) is 0 Å². The summed E-state index contributed by atoms with van der Waals surface area (Å²) in [6.07, 6.45) is 7.72. The van der Waals surface area contributed by atoms with Gasteiger partial charge < -0.3 is 5.73 Å². The van der Waals surface area contributed by atoms with Gasteiger partial charge in [0, 0.05) is 24.8 Å². The number of piperidine rings is 1. The summed E-state index contributed by atoms with van der Waals surface area (Å²) in [6, 6.07) is 6.59. The van der Waals surface area contributed by atoms with Crippen molar-refractivity contribution in [3.05, 3.63) is 53.6 Å². The largest absolute Gasteiger partial charge is 0.330 e. The molecule has 0 bridgehead atoms. The van der Waals surface area contributed by atoms with Crippen molar-refractivity contribution in [2.75, 3.05) is 19.6 Å². The summed E-state index contributed by atoms with van der Waals surface area (Å²) in [5.41, 5.74) is 7.98. The van der Waals surface area contributed by atoms with E-state index in [0.29, 0.717) is 6.54 Å². The minimum Gasteiger partial charge on any atom is -0.330 e. The van der Waals surface area contributed by atoms with E-state index in [4.69, 9.17) is 5.73 Å². The zero-order chi connectivity index (χ0) is 16.1. The number of hydrogen-bond donors (Lipinski definition) is 1. The Morgan fingerprint density at radius 2 is 1.96 bits per heavy atom. The predicted octanol–water partition coefficient (Wildman–Crippen LogP) is 3.05. The van der Waals surface area contributed by atoms with E-state index >= 15 is 0 Å². The maximum Gasteiger partial charge on any atom is 0.123 e. The molecule has 1 saturated heterocycles. The van der Waals surface area contributed by atoms with Crippen molar-refractivity contribution < 1.29 is 4.39 Å². The predicted molar refractivity (Wildman–Crippen MR) is 96.6 cm³/mol. The Hall–Kier alpha value is -1.43. The van der Waals surface area contributed by atoms with Crippen LogP contribution in [0.15, 0.2) is 36.7 Å². The van der Waals surface area contributed by atoms with Gasteiger partial charge in [0.25, 0.3) is 0 Å². The molecule has 0 spiro atoms. The Morgan fingerprint density at radius 1 is 1.17 bits per heavy atom. The number of aromatic nitrogens is 2. The van der Waals surface area contributed by atoms with Crippen molar-refractivity contribution in [1.82, 2.24) is 14.7 Å². The van der Waals surface area contributed by atoms with Crippen LogP contribution in [-0.2, 0) is 13.1 Å². The van der Waals surface area contributed by atoms with Gasteiger partial charge in [-0.25, -0.2) is 4.39 Å². The topological polar surface area (TPSA) is 47.1 Å².